The van der Waals surface area contributed by atoms with Crippen molar-refractivity contribution in [1.29, 1.82) is 5.26 Å². The molecule has 28 heavy (non-hydrogen) atoms. The molecule has 0 radical (unpaired) electrons. The van der Waals surface area contributed by atoms with E-state index in [1.165, 1.54) is 0 Å². The number of piperidine rings is 1. The van der Waals surface area contributed by atoms with Crippen molar-refractivity contribution in [2.24, 2.45) is 5.73 Å². The van der Waals surface area contributed by atoms with Gasteiger partial charge in [0, 0.05) is 42.8 Å². The molecule has 1 amide bonds. The van der Waals surface area contributed by atoms with E-state index in [2.05, 4.69) is 11.0 Å². The lowest BCUT2D eigenvalue weighted by molar-refractivity contribution is 0.0126. The van der Waals surface area contributed by atoms with E-state index in [9.17, 15) is 10.1 Å². The molecule has 3 rings (SSSR count). The van der Waals surface area contributed by atoms with Crippen molar-refractivity contribution in [1.82, 2.24) is 4.98 Å². The van der Waals surface area contributed by atoms with Crippen LogP contribution in [0.15, 0.2) is 24.3 Å². The van der Waals surface area contributed by atoms with Crippen molar-refractivity contribution in [3.63, 3.8) is 0 Å². The van der Waals surface area contributed by atoms with E-state index in [-0.39, 0.29) is 0 Å². The molecule has 2 N–H and O–H groups in total. The van der Waals surface area contributed by atoms with Gasteiger partial charge in [0.05, 0.1) is 21.7 Å². The summed E-state index contributed by atoms with van der Waals surface area (Å²) in [6.45, 7) is 5.00. The summed E-state index contributed by atoms with van der Waals surface area (Å²) in [5.41, 5.74) is 7.12. The number of aromatic nitrogens is 1. The Bertz CT molecular complexity index is 963. The first-order valence-electron chi connectivity index (χ1n) is 8.83. The summed E-state index contributed by atoms with van der Waals surface area (Å²) in [6, 6.07) is 9.33. The maximum absolute atomic E-state index is 11.1. The van der Waals surface area contributed by atoms with Crippen LogP contribution < -0.4 is 10.6 Å². The quantitative estimate of drug-likeness (QED) is 0.779. The maximum Gasteiger partial charge on any atom is 0.405 e. The lowest BCUT2D eigenvalue weighted by Crippen LogP contribution is -2.46. The highest BCUT2D eigenvalue weighted by Crippen LogP contribution is 2.38. The normalized spacial score (nSPS) is 15.8. The van der Waals surface area contributed by atoms with Crippen molar-refractivity contribution in [3.05, 3.63) is 45.6 Å². The number of aryl methyl sites for hydroxylation is 1. The molecule has 1 aromatic carbocycles. The lowest BCUT2D eigenvalue weighted by Gasteiger charge is -2.39. The lowest BCUT2D eigenvalue weighted by atomic mass is 9.93. The first-order chi connectivity index (χ1) is 13.2. The highest BCUT2D eigenvalue weighted by molar-refractivity contribution is 6.43. The number of benzene rings is 1. The van der Waals surface area contributed by atoms with E-state index in [0.29, 0.717) is 64.2 Å². The number of hydrogen-bond donors (Lipinski definition) is 1. The number of nitriles is 1. The third kappa shape index (κ3) is 4.01. The van der Waals surface area contributed by atoms with Crippen LogP contribution in [-0.4, -0.2) is 29.8 Å². The number of primary amides is 1. The summed E-state index contributed by atoms with van der Waals surface area (Å²) < 4.78 is 5.25. The van der Waals surface area contributed by atoms with Gasteiger partial charge in [0.15, 0.2) is 0 Å². The molecule has 8 heteroatoms. The number of amides is 1. The summed E-state index contributed by atoms with van der Waals surface area (Å²) in [7, 11) is 0. The second-order valence-electron chi connectivity index (χ2n) is 7.06. The number of hydrogen-bond acceptors (Lipinski definition) is 5. The Morgan fingerprint density at radius 2 is 2.04 bits per heavy atom. The molecule has 0 unspecified atom stereocenters. The molecule has 0 saturated carbocycles. The molecule has 1 fully saturated rings. The number of carbonyl (C=O) groups is 1. The molecule has 1 saturated heterocycles. The van der Waals surface area contributed by atoms with E-state index in [0.717, 1.165) is 0 Å². The van der Waals surface area contributed by atoms with Crippen molar-refractivity contribution in [2.75, 3.05) is 18.0 Å². The van der Waals surface area contributed by atoms with Crippen molar-refractivity contribution < 1.29 is 9.53 Å². The van der Waals surface area contributed by atoms with Crippen molar-refractivity contribution in [3.8, 4) is 17.2 Å². The Hall–Kier alpha value is -2.49. The van der Waals surface area contributed by atoms with Gasteiger partial charge in [-0.1, -0.05) is 35.3 Å². The van der Waals surface area contributed by atoms with Gasteiger partial charge in [-0.3, -0.25) is 0 Å². The average molecular weight is 419 g/mol. The van der Waals surface area contributed by atoms with E-state index in [4.69, 9.17) is 38.7 Å². The van der Waals surface area contributed by atoms with E-state index in [1.807, 2.05) is 19.9 Å². The molecule has 146 valence electrons. The minimum absolute atomic E-state index is 0.399. The van der Waals surface area contributed by atoms with Crippen LogP contribution in [0.2, 0.25) is 10.0 Å². The number of halogens is 2. The number of carbonyl (C=O) groups excluding carboxylic acids is 1. The molecule has 6 nitrogen and oxygen atoms in total. The molecule has 1 aromatic heterocycles. The van der Waals surface area contributed by atoms with E-state index >= 15 is 0 Å². The molecule has 1 aliphatic rings. The molecular formula is C20H20Cl2N4O2. The summed E-state index contributed by atoms with van der Waals surface area (Å²) in [5.74, 6) is 0.706. The number of nitrogens with zero attached hydrogens (tertiary/aromatic N) is 3. The van der Waals surface area contributed by atoms with Crippen LogP contribution in [0.25, 0.3) is 11.1 Å². The van der Waals surface area contributed by atoms with Crippen LogP contribution in [0.3, 0.4) is 0 Å². The molecule has 0 bridgehead atoms. The summed E-state index contributed by atoms with van der Waals surface area (Å²) in [6.07, 6.45) is 0.486. The van der Waals surface area contributed by atoms with Crippen LogP contribution in [-0.2, 0) is 4.74 Å². The van der Waals surface area contributed by atoms with Gasteiger partial charge in [-0.05, 0) is 26.0 Å². The monoisotopic (exact) mass is 418 g/mol. The number of pyridine rings is 1. The van der Waals surface area contributed by atoms with Crippen LogP contribution in [0.4, 0.5) is 10.6 Å². The Balaban J connectivity index is 1.92. The van der Waals surface area contributed by atoms with Gasteiger partial charge in [0.2, 0.25) is 0 Å². The first kappa shape index (κ1) is 20.2. The van der Waals surface area contributed by atoms with E-state index in [1.54, 1.807) is 18.2 Å². The SMILES string of the molecule is Cc1nc(N2CCC(C)(OC(N)=O)CC2)cc(C#N)c1-c1cccc(Cl)c1Cl. The number of ether oxygens (including phenoxy) is 1. The number of rotatable bonds is 3. The van der Waals surface area contributed by atoms with Crippen molar-refractivity contribution in [2.45, 2.75) is 32.3 Å². The minimum atomic E-state index is -0.764. The topological polar surface area (TPSA) is 92.2 Å². The molecule has 2 heterocycles. The highest BCUT2D eigenvalue weighted by Gasteiger charge is 2.34. The summed E-state index contributed by atoms with van der Waals surface area (Å²) in [4.78, 5) is 17.9. The predicted octanol–water partition coefficient (Wildman–Crippen LogP) is 4.69. The molecule has 0 spiro atoms. The summed E-state index contributed by atoms with van der Waals surface area (Å²) in [5, 5.41) is 10.6. The van der Waals surface area contributed by atoms with Gasteiger partial charge in [-0.15, -0.1) is 0 Å². The highest BCUT2D eigenvalue weighted by atomic mass is 35.5. The van der Waals surface area contributed by atoms with Gasteiger partial charge in [0.1, 0.15) is 11.4 Å². The van der Waals surface area contributed by atoms with E-state index < -0.39 is 11.7 Å². The number of anilines is 1. The Labute approximate surface area is 173 Å². The Morgan fingerprint density at radius 1 is 1.36 bits per heavy atom. The molecule has 1 aliphatic heterocycles. The largest absolute Gasteiger partial charge is 0.443 e. The minimum Gasteiger partial charge on any atom is -0.443 e. The van der Waals surface area contributed by atoms with Gasteiger partial charge in [0.25, 0.3) is 0 Å². The number of nitrogens with two attached hydrogens (primary N) is 1. The zero-order valence-corrected chi connectivity index (χ0v) is 17.1. The maximum atomic E-state index is 11.1. The average Bonchev–Trinajstić information content (AvgIpc) is 2.63. The first-order valence-corrected chi connectivity index (χ1v) is 9.59. The van der Waals surface area contributed by atoms with Gasteiger partial charge >= 0.3 is 6.09 Å². The smallest absolute Gasteiger partial charge is 0.405 e. The second kappa shape index (κ2) is 7.86. The fourth-order valence-electron chi connectivity index (χ4n) is 3.50. The fourth-order valence-corrected chi connectivity index (χ4v) is 3.89. The molecule has 0 atom stereocenters. The zero-order valence-electron chi connectivity index (χ0n) is 15.6. The third-order valence-corrected chi connectivity index (χ3v) is 5.84. The molecule has 2 aromatic rings. The second-order valence-corrected chi connectivity index (χ2v) is 7.84. The molecular weight excluding hydrogens is 399 g/mol. The van der Waals surface area contributed by atoms with Crippen LogP contribution in [0.5, 0.6) is 0 Å². The molecule has 0 aliphatic carbocycles. The van der Waals surface area contributed by atoms with Gasteiger partial charge in [-0.25, -0.2) is 9.78 Å². The Kier molecular flexibility index (Phi) is 5.69. The third-order valence-electron chi connectivity index (χ3n) is 5.02. The van der Waals surface area contributed by atoms with Crippen molar-refractivity contribution >= 4 is 35.1 Å². The Morgan fingerprint density at radius 3 is 2.64 bits per heavy atom. The van der Waals surface area contributed by atoms with Crippen LogP contribution in [0.1, 0.15) is 31.0 Å². The van der Waals surface area contributed by atoms with Gasteiger partial charge < -0.3 is 15.4 Å². The fraction of sp³-hybridized carbons (Fsp3) is 0.350. The predicted molar refractivity (Wildman–Crippen MR) is 110 cm³/mol. The summed E-state index contributed by atoms with van der Waals surface area (Å²) >= 11 is 12.5. The zero-order chi connectivity index (χ0) is 20.5. The standard InChI is InChI=1S/C20H20Cl2N4O2/c1-12-17(14-4-3-5-15(21)18(14)22)13(11-23)10-16(25-12)26-8-6-20(2,7-9-26)28-19(24)27/h3-5,10H,6-9H2,1-2H3,(H2,24,27). The van der Waals surface area contributed by atoms with Gasteiger partial charge in [-0.2, -0.15) is 5.26 Å². The van der Waals surface area contributed by atoms with Crippen LogP contribution in [0, 0.1) is 18.3 Å². The van der Waals surface area contributed by atoms with Crippen LogP contribution >= 0.6 is 23.2 Å².